The fourth-order valence-electron chi connectivity index (χ4n) is 6.08. The molecule has 1 amide bonds. The molecule has 170 valence electrons. The highest BCUT2D eigenvalue weighted by molar-refractivity contribution is 7.86. The highest BCUT2D eigenvalue weighted by Gasteiger charge is 2.53. The molecule has 1 aromatic heterocycles. The standard InChI is InChI=1S/C20H29N5O5S/c21-19-11-3-12(19)8-24(7-11)31(27,28)25-15-1-2-16(25)5-14(4-15)22-20(26)17-6-18(30-23-17)13-9-29-10-13/h6,11-16,19H,1-5,7-10,21H2,(H,22,26)/t11-,12+,14?,15-,16+,19?. The Morgan fingerprint density at radius 1 is 1.13 bits per heavy atom. The van der Waals surface area contributed by atoms with Crippen LogP contribution in [-0.2, 0) is 14.9 Å². The Labute approximate surface area is 181 Å². The van der Waals surface area contributed by atoms with Crippen molar-refractivity contribution in [2.45, 2.75) is 62.2 Å². The van der Waals surface area contributed by atoms with Gasteiger partial charge in [-0.1, -0.05) is 5.16 Å². The summed E-state index contributed by atoms with van der Waals surface area (Å²) in [6, 6.07) is 1.63. The second kappa shape index (κ2) is 7.24. The molecule has 5 aliphatic heterocycles. The summed E-state index contributed by atoms with van der Waals surface area (Å²) < 4.78 is 40.7. The maximum Gasteiger partial charge on any atom is 0.282 e. The average Bonchev–Trinajstić information content (AvgIpc) is 3.30. The third kappa shape index (κ3) is 3.24. The number of nitrogens with two attached hydrogens (primary N) is 1. The Balaban J connectivity index is 1.10. The van der Waals surface area contributed by atoms with E-state index in [-0.39, 0.29) is 41.7 Å². The lowest BCUT2D eigenvalue weighted by atomic mass is 9.67. The zero-order chi connectivity index (χ0) is 21.3. The van der Waals surface area contributed by atoms with E-state index in [0.29, 0.717) is 56.7 Å². The van der Waals surface area contributed by atoms with Crippen LogP contribution >= 0.6 is 0 Å². The highest BCUT2D eigenvalue weighted by Crippen LogP contribution is 2.43. The van der Waals surface area contributed by atoms with Crippen molar-refractivity contribution in [3.05, 3.63) is 17.5 Å². The summed E-state index contributed by atoms with van der Waals surface area (Å²) in [6.45, 7) is 2.27. The SMILES string of the molecule is NC1[C@@H]2C[C@H]1CN(S(=O)(=O)N1[C@@H]3CC[C@H]1CC(NC(=O)c1cc(C4COC4)on1)C3)C2. The summed E-state index contributed by atoms with van der Waals surface area (Å²) >= 11 is 0. The Kier molecular flexibility index (Phi) is 4.70. The molecule has 5 saturated heterocycles. The molecule has 6 atom stereocenters. The minimum atomic E-state index is -3.49. The van der Waals surface area contributed by atoms with Crippen LogP contribution in [0, 0.1) is 11.8 Å². The van der Waals surface area contributed by atoms with E-state index >= 15 is 0 Å². The Hall–Kier alpha value is -1.53. The molecule has 0 aromatic carbocycles. The number of hydrogen-bond acceptors (Lipinski definition) is 7. The number of fused-ring (bicyclic) bond motifs is 4. The van der Waals surface area contributed by atoms with Gasteiger partial charge in [-0.05, 0) is 43.9 Å². The second-order valence-corrected chi connectivity index (χ2v) is 11.7. The summed E-state index contributed by atoms with van der Waals surface area (Å²) in [5.74, 6) is 1.18. The van der Waals surface area contributed by atoms with E-state index in [1.54, 1.807) is 14.7 Å². The molecule has 6 heterocycles. The van der Waals surface area contributed by atoms with Gasteiger partial charge in [-0.2, -0.15) is 17.0 Å². The van der Waals surface area contributed by atoms with Crippen molar-refractivity contribution < 1.29 is 22.5 Å². The molecule has 1 aliphatic carbocycles. The van der Waals surface area contributed by atoms with E-state index < -0.39 is 10.2 Å². The van der Waals surface area contributed by atoms with Crippen LogP contribution in [0.3, 0.4) is 0 Å². The average molecular weight is 452 g/mol. The van der Waals surface area contributed by atoms with Crippen LogP contribution < -0.4 is 11.1 Å². The number of aromatic nitrogens is 1. The van der Waals surface area contributed by atoms with Crippen LogP contribution in [0.15, 0.2) is 10.6 Å². The zero-order valence-electron chi connectivity index (χ0n) is 17.4. The maximum absolute atomic E-state index is 13.4. The van der Waals surface area contributed by atoms with Crippen molar-refractivity contribution in [2.75, 3.05) is 26.3 Å². The van der Waals surface area contributed by atoms with Gasteiger partial charge in [0.2, 0.25) is 0 Å². The molecule has 6 aliphatic rings. The van der Waals surface area contributed by atoms with Gasteiger partial charge in [0.05, 0.1) is 19.1 Å². The fourth-order valence-corrected chi connectivity index (χ4v) is 8.24. The lowest BCUT2D eigenvalue weighted by Gasteiger charge is -2.52. The Morgan fingerprint density at radius 2 is 1.81 bits per heavy atom. The third-order valence-corrected chi connectivity index (χ3v) is 10.0. The van der Waals surface area contributed by atoms with Crippen molar-refractivity contribution in [1.29, 1.82) is 0 Å². The minimum Gasteiger partial charge on any atom is -0.380 e. The van der Waals surface area contributed by atoms with Gasteiger partial charge in [0.15, 0.2) is 5.69 Å². The lowest BCUT2D eigenvalue weighted by molar-refractivity contribution is -0.00228. The molecule has 2 unspecified atom stereocenters. The van der Waals surface area contributed by atoms with E-state index in [2.05, 4.69) is 10.5 Å². The van der Waals surface area contributed by atoms with Crippen molar-refractivity contribution >= 4 is 16.1 Å². The van der Waals surface area contributed by atoms with Gasteiger partial charge in [0.1, 0.15) is 5.76 Å². The molecular formula is C20H29N5O5S. The maximum atomic E-state index is 13.4. The van der Waals surface area contributed by atoms with E-state index in [4.69, 9.17) is 15.0 Å². The quantitative estimate of drug-likeness (QED) is 0.646. The Bertz CT molecular complexity index is 952. The minimum absolute atomic E-state index is 0.0631. The first-order chi connectivity index (χ1) is 14.9. The van der Waals surface area contributed by atoms with Crippen molar-refractivity contribution in [1.82, 2.24) is 19.1 Å². The van der Waals surface area contributed by atoms with E-state index in [0.717, 1.165) is 19.3 Å². The molecule has 3 N–H and O–H groups in total. The lowest BCUT2D eigenvalue weighted by Crippen LogP contribution is -2.65. The number of amides is 1. The van der Waals surface area contributed by atoms with E-state index in [1.165, 1.54) is 0 Å². The first-order valence-electron chi connectivity index (χ1n) is 11.3. The summed E-state index contributed by atoms with van der Waals surface area (Å²) in [5, 5.41) is 6.96. The summed E-state index contributed by atoms with van der Waals surface area (Å²) in [4.78, 5) is 12.7. The normalized spacial score (nSPS) is 38.5. The zero-order valence-corrected chi connectivity index (χ0v) is 18.2. The molecule has 11 heteroatoms. The molecule has 4 bridgehead atoms. The van der Waals surface area contributed by atoms with Gasteiger partial charge >= 0.3 is 0 Å². The second-order valence-electron chi connectivity index (χ2n) is 9.86. The summed E-state index contributed by atoms with van der Waals surface area (Å²) in [6.07, 6.45) is 3.98. The van der Waals surface area contributed by atoms with E-state index in [1.807, 2.05) is 0 Å². The number of nitrogens with zero attached hydrogens (tertiary/aromatic N) is 3. The third-order valence-electron chi connectivity index (χ3n) is 7.97. The van der Waals surface area contributed by atoms with Gasteiger partial charge in [-0.3, -0.25) is 4.79 Å². The van der Waals surface area contributed by atoms with Crippen LogP contribution in [0.5, 0.6) is 0 Å². The van der Waals surface area contributed by atoms with Crippen LogP contribution in [-0.4, -0.2) is 78.6 Å². The molecule has 6 fully saturated rings. The highest BCUT2D eigenvalue weighted by atomic mass is 32.2. The number of rotatable bonds is 5. The topological polar surface area (TPSA) is 131 Å². The van der Waals surface area contributed by atoms with Crippen molar-refractivity contribution in [2.24, 2.45) is 17.6 Å². The summed E-state index contributed by atoms with van der Waals surface area (Å²) in [5.41, 5.74) is 6.40. The van der Waals surface area contributed by atoms with Gasteiger partial charge in [-0.25, -0.2) is 0 Å². The van der Waals surface area contributed by atoms with Gasteiger partial charge < -0.3 is 20.3 Å². The van der Waals surface area contributed by atoms with Crippen molar-refractivity contribution in [3.8, 4) is 0 Å². The monoisotopic (exact) mass is 451 g/mol. The molecule has 0 radical (unpaired) electrons. The molecule has 10 nitrogen and oxygen atoms in total. The molecule has 7 rings (SSSR count). The molecule has 0 spiro atoms. The van der Waals surface area contributed by atoms with Gasteiger partial charge in [0.25, 0.3) is 16.1 Å². The van der Waals surface area contributed by atoms with Gasteiger partial charge in [-0.15, -0.1) is 0 Å². The predicted molar refractivity (Wildman–Crippen MR) is 109 cm³/mol. The number of hydrogen-bond donors (Lipinski definition) is 2. The molecule has 31 heavy (non-hydrogen) atoms. The van der Waals surface area contributed by atoms with Crippen LogP contribution in [0.1, 0.15) is 54.3 Å². The van der Waals surface area contributed by atoms with Crippen LogP contribution in [0.25, 0.3) is 0 Å². The van der Waals surface area contributed by atoms with Crippen LogP contribution in [0.4, 0.5) is 0 Å². The van der Waals surface area contributed by atoms with Crippen molar-refractivity contribution in [3.63, 3.8) is 0 Å². The summed E-state index contributed by atoms with van der Waals surface area (Å²) in [7, 11) is -3.49. The first kappa shape index (κ1) is 20.1. The van der Waals surface area contributed by atoms with Gasteiger partial charge in [0, 0.05) is 43.3 Å². The number of ether oxygens (including phenoxy) is 1. The largest absolute Gasteiger partial charge is 0.380 e. The first-order valence-corrected chi connectivity index (χ1v) is 12.7. The number of nitrogens with one attached hydrogen (secondary N) is 1. The molecular weight excluding hydrogens is 422 g/mol. The smallest absolute Gasteiger partial charge is 0.282 e. The van der Waals surface area contributed by atoms with Crippen LogP contribution in [0.2, 0.25) is 0 Å². The molecule has 1 aromatic rings. The van der Waals surface area contributed by atoms with E-state index in [9.17, 15) is 13.2 Å². The number of piperidine rings is 3. The molecule has 1 saturated carbocycles. The number of carbonyl (C=O) groups is 1. The number of carbonyl (C=O) groups excluding carboxylic acids is 1. The fraction of sp³-hybridized carbons (Fsp3) is 0.800. The predicted octanol–water partition coefficient (Wildman–Crippen LogP) is 0.0374. The Morgan fingerprint density at radius 3 is 2.39 bits per heavy atom.